The normalized spacial score (nSPS) is 11.6. The molecule has 0 aromatic heterocycles. The molecule has 0 aliphatic rings. The standard InChI is InChI=1S/C8H13NO4/c1-5(2)7(10)9-8(11)13-6(3)12-4/h6H,1H2,2-4H3,(H,9,10,11). The Balaban J connectivity index is 3.88. The largest absolute Gasteiger partial charge is 0.420 e. The SMILES string of the molecule is C=C(C)C(=O)NC(=O)OC(C)OC. The third kappa shape index (κ3) is 4.97. The van der Waals surface area contributed by atoms with E-state index in [1.54, 1.807) is 0 Å². The van der Waals surface area contributed by atoms with E-state index in [4.69, 9.17) is 0 Å². The highest BCUT2D eigenvalue weighted by molar-refractivity contribution is 6.01. The van der Waals surface area contributed by atoms with E-state index < -0.39 is 18.3 Å². The van der Waals surface area contributed by atoms with Crippen LogP contribution in [0.15, 0.2) is 12.2 Å². The molecule has 0 saturated carbocycles. The van der Waals surface area contributed by atoms with E-state index in [0.29, 0.717) is 0 Å². The molecule has 0 heterocycles. The van der Waals surface area contributed by atoms with Crippen LogP contribution in [-0.2, 0) is 14.3 Å². The number of ether oxygens (including phenoxy) is 2. The highest BCUT2D eigenvalue weighted by Crippen LogP contribution is 1.92. The summed E-state index contributed by atoms with van der Waals surface area (Å²) in [6.45, 7) is 6.38. The summed E-state index contributed by atoms with van der Waals surface area (Å²) in [6, 6.07) is 0. The molecule has 0 spiro atoms. The number of imide groups is 1. The molecule has 0 saturated heterocycles. The lowest BCUT2D eigenvalue weighted by molar-refractivity contribution is -0.118. The summed E-state index contributed by atoms with van der Waals surface area (Å²) in [6.07, 6.45) is -1.53. The van der Waals surface area contributed by atoms with E-state index in [9.17, 15) is 9.59 Å². The predicted molar refractivity (Wildman–Crippen MR) is 45.9 cm³/mol. The van der Waals surface area contributed by atoms with Crippen molar-refractivity contribution in [3.63, 3.8) is 0 Å². The van der Waals surface area contributed by atoms with E-state index in [2.05, 4.69) is 16.1 Å². The Morgan fingerprint density at radius 1 is 1.46 bits per heavy atom. The number of carbonyl (C=O) groups is 2. The Kier molecular flexibility index (Phi) is 4.76. The van der Waals surface area contributed by atoms with Crippen molar-refractivity contribution in [3.05, 3.63) is 12.2 Å². The van der Waals surface area contributed by atoms with Gasteiger partial charge in [0.05, 0.1) is 0 Å². The molecule has 5 heteroatoms. The Hall–Kier alpha value is -1.36. The number of hydrogen-bond donors (Lipinski definition) is 1. The van der Waals surface area contributed by atoms with Crippen LogP contribution in [-0.4, -0.2) is 25.4 Å². The molecule has 0 aliphatic carbocycles. The van der Waals surface area contributed by atoms with Gasteiger partial charge in [-0.2, -0.15) is 0 Å². The molecular formula is C8H13NO4. The third-order valence-corrected chi connectivity index (χ3v) is 1.21. The number of amides is 2. The van der Waals surface area contributed by atoms with E-state index >= 15 is 0 Å². The van der Waals surface area contributed by atoms with E-state index in [-0.39, 0.29) is 5.57 Å². The van der Waals surface area contributed by atoms with Crippen LogP contribution in [0.4, 0.5) is 4.79 Å². The maximum absolute atomic E-state index is 10.9. The molecule has 74 valence electrons. The maximum atomic E-state index is 10.9. The van der Waals surface area contributed by atoms with Gasteiger partial charge in [0.2, 0.25) is 6.29 Å². The second-order valence-corrected chi connectivity index (χ2v) is 2.44. The highest BCUT2D eigenvalue weighted by Gasteiger charge is 2.11. The molecule has 0 aliphatic heterocycles. The molecule has 0 aromatic rings. The first-order valence-electron chi connectivity index (χ1n) is 3.67. The minimum Gasteiger partial charge on any atom is -0.420 e. The summed E-state index contributed by atoms with van der Waals surface area (Å²) in [5.41, 5.74) is 0.238. The van der Waals surface area contributed by atoms with Gasteiger partial charge in [-0.05, 0) is 13.8 Å². The monoisotopic (exact) mass is 187 g/mol. The zero-order valence-corrected chi connectivity index (χ0v) is 7.92. The summed E-state index contributed by atoms with van der Waals surface area (Å²) in [5, 5.41) is 1.96. The molecule has 1 unspecified atom stereocenters. The summed E-state index contributed by atoms with van der Waals surface area (Å²) in [7, 11) is 1.39. The molecule has 0 bridgehead atoms. The molecule has 1 N–H and O–H groups in total. The smallest absolute Gasteiger partial charge is 0.416 e. The molecule has 0 fully saturated rings. The lowest BCUT2D eigenvalue weighted by atomic mass is 10.3. The van der Waals surface area contributed by atoms with Crippen LogP contribution in [0.25, 0.3) is 0 Å². The Morgan fingerprint density at radius 2 is 2.00 bits per heavy atom. The number of nitrogens with one attached hydrogen (secondary N) is 1. The van der Waals surface area contributed by atoms with Gasteiger partial charge < -0.3 is 9.47 Å². The number of methoxy groups -OCH3 is 1. The fraction of sp³-hybridized carbons (Fsp3) is 0.500. The predicted octanol–water partition coefficient (Wildman–Crippen LogP) is 0.808. The van der Waals surface area contributed by atoms with Crippen LogP contribution >= 0.6 is 0 Å². The molecule has 1 atom stereocenters. The van der Waals surface area contributed by atoms with Gasteiger partial charge in [0, 0.05) is 12.7 Å². The maximum Gasteiger partial charge on any atom is 0.416 e. The van der Waals surface area contributed by atoms with Crippen molar-refractivity contribution >= 4 is 12.0 Å². The van der Waals surface area contributed by atoms with Crippen molar-refractivity contribution < 1.29 is 19.1 Å². The van der Waals surface area contributed by atoms with Crippen LogP contribution < -0.4 is 5.32 Å². The van der Waals surface area contributed by atoms with Crippen molar-refractivity contribution in [3.8, 4) is 0 Å². The van der Waals surface area contributed by atoms with Gasteiger partial charge in [0.25, 0.3) is 5.91 Å². The fourth-order valence-electron chi connectivity index (χ4n) is 0.428. The molecule has 0 radical (unpaired) electrons. The topological polar surface area (TPSA) is 64.6 Å². The average Bonchev–Trinajstić information content (AvgIpc) is 2.03. The highest BCUT2D eigenvalue weighted by atomic mass is 16.7. The third-order valence-electron chi connectivity index (χ3n) is 1.21. The summed E-state index contributed by atoms with van der Waals surface area (Å²) < 4.78 is 9.23. The number of hydrogen-bond acceptors (Lipinski definition) is 4. The van der Waals surface area contributed by atoms with Gasteiger partial charge in [-0.15, -0.1) is 0 Å². The van der Waals surface area contributed by atoms with Crippen molar-refractivity contribution in [1.82, 2.24) is 5.32 Å². The van der Waals surface area contributed by atoms with Gasteiger partial charge in [-0.25, -0.2) is 4.79 Å². The number of alkyl carbamates (subject to hydrolysis) is 1. The first-order chi connectivity index (χ1) is 5.97. The van der Waals surface area contributed by atoms with Crippen LogP contribution in [0.3, 0.4) is 0 Å². The fourth-order valence-corrected chi connectivity index (χ4v) is 0.428. The van der Waals surface area contributed by atoms with Crippen LogP contribution in [0.2, 0.25) is 0 Å². The second kappa shape index (κ2) is 5.31. The lowest BCUT2D eigenvalue weighted by Gasteiger charge is -2.10. The molecule has 0 aromatic carbocycles. The Morgan fingerprint density at radius 3 is 2.38 bits per heavy atom. The summed E-state index contributed by atoms with van der Waals surface area (Å²) in [5.74, 6) is -0.562. The average molecular weight is 187 g/mol. The number of carbonyl (C=O) groups excluding carboxylic acids is 2. The molecule has 0 rings (SSSR count). The molecule has 13 heavy (non-hydrogen) atoms. The Labute approximate surface area is 76.7 Å². The lowest BCUT2D eigenvalue weighted by Crippen LogP contribution is -2.33. The quantitative estimate of drug-likeness (QED) is 0.524. The van der Waals surface area contributed by atoms with Crippen molar-refractivity contribution in [1.29, 1.82) is 0 Å². The zero-order chi connectivity index (χ0) is 10.4. The first kappa shape index (κ1) is 11.6. The van der Waals surface area contributed by atoms with Crippen molar-refractivity contribution in [2.75, 3.05) is 7.11 Å². The summed E-state index contributed by atoms with van der Waals surface area (Å²) >= 11 is 0. The molecular weight excluding hydrogens is 174 g/mol. The van der Waals surface area contributed by atoms with Crippen LogP contribution in [0, 0.1) is 0 Å². The minimum atomic E-state index is -0.845. The van der Waals surface area contributed by atoms with Gasteiger partial charge in [0.1, 0.15) is 0 Å². The van der Waals surface area contributed by atoms with Gasteiger partial charge in [0.15, 0.2) is 0 Å². The first-order valence-corrected chi connectivity index (χ1v) is 3.67. The van der Waals surface area contributed by atoms with Gasteiger partial charge in [-0.1, -0.05) is 6.58 Å². The van der Waals surface area contributed by atoms with Crippen molar-refractivity contribution in [2.45, 2.75) is 20.1 Å². The molecule has 5 nitrogen and oxygen atoms in total. The Bertz CT molecular complexity index is 224. The second-order valence-electron chi connectivity index (χ2n) is 2.44. The van der Waals surface area contributed by atoms with E-state index in [1.165, 1.54) is 21.0 Å². The van der Waals surface area contributed by atoms with E-state index in [1.807, 2.05) is 5.32 Å². The number of rotatable bonds is 3. The zero-order valence-electron chi connectivity index (χ0n) is 7.92. The van der Waals surface area contributed by atoms with Gasteiger partial charge in [-0.3, -0.25) is 10.1 Å². The van der Waals surface area contributed by atoms with Crippen LogP contribution in [0.5, 0.6) is 0 Å². The molecule has 2 amide bonds. The van der Waals surface area contributed by atoms with Crippen LogP contribution in [0.1, 0.15) is 13.8 Å². The van der Waals surface area contributed by atoms with E-state index in [0.717, 1.165) is 0 Å². The summed E-state index contributed by atoms with van der Waals surface area (Å²) in [4.78, 5) is 21.7. The van der Waals surface area contributed by atoms with Gasteiger partial charge >= 0.3 is 6.09 Å². The van der Waals surface area contributed by atoms with Crippen molar-refractivity contribution in [2.24, 2.45) is 0 Å². The minimum absolute atomic E-state index is 0.238.